The number of pyridine rings is 2. The molecule has 1 aliphatic heterocycles. The van der Waals surface area contributed by atoms with Gasteiger partial charge in [-0.2, -0.15) is 13.2 Å². The van der Waals surface area contributed by atoms with E-state index in [1.165, 1.54) is 12.1 Å². The first-order valence-electron chi connectivity index (χ1n) is 14.3. The number of piperazine rings is 1. The van der Waals surface area contributed by atoms with Gasteiger partial charge >= 0.3 is 6.18 Å². The topological polar surface area (TPSA) is 89.2 Å². The fourth-order valence-corrected chi connectivity index (χ4v) is 5.35. The molecule has 6 rings (SSSR count). The summed E-state index contributed by atoms with van der Waals surface area (Å²) in [7, 11) is 2.00. The minimum absolute atomic E-state index is 0.0869. The number of aromatic amines is 1. The van der Waals surface area contributed by atoms with E-state index in [-0.39, 0.29) is 17.8 Å². The number of H-pyrrole nitrogens is 1. The normalized spacial score (nSPS) is 14.6. The molecule has 0 bridgehead atoms. The first kappa shape index (κ1) is 29.3. The molecular formula is C33H32F3N7O. The first-order chi connectivity index (χ1) is 21.1. The van der Waals surface area contributed by atoms with E-state index in [0.29, 0.717) is 30.0 Å². The van der Waals surface area contributed by atoms with Gasteiger partial charge in [-0.3, -0.25) is 14.7 Å². The number of halogens is 3. The van der Waals surface area contributed by atoms with Crippen LogP contribution in [-0.4, -0.2) is 63.9 Å². The Morgan fingerprint density at radius 1 is 1.00 bits per heavy atom. The van der Waals surface area contributed by atoms with Crippen molar-refractivity contribution in [3.05, 3.63) is 102 Å². The van der Waals surface area contributed by atoms with Crippen LogP contribution < -0.4 is 10.6 Å². The van der Waals surface area contributed by atoms with Crippen LogP contribution in [0.15, 0.2) is 79.3 Å². The summed E-state index contributed by atoms with van der Waals surface area (Å²) in [5.41, 5.74) is 4.46. The Labute approximate surface area is 252 Å². The summed E-state index contributed by atoms with van der Waals surface area (Å²) in [5, 5.41) is 6.96. The second kappa shape index (κ2) is 12.1. The third kappa shape index (κ3) is 6.43. The van der Waals surface area contributed by atoms with Crippen LogP contribution in [0.3, 0.4) is 0 Å². The van der Waals surface area contributed by atoms with Crippen LogP contribution in [0.5, 0.6) is 0 Å². The average Bonchev–Trinajstić information content (AvgIpc) is 3.49. The number of fused-ring (bicyclic) bond motifs is 1. The van der Waals surface area contributed by atoms with Gasteiger partial charge in [-0.05, 0) is 73.6 Å². The number of amides is 1. The number of aryl methyl sites for hydroxylation is 1. The Hall–Kier alpha value is -4.74. The highest BCUT2D eigenvalue weighted by atomic mass is 19.4. The highest BCUT2D eigenvalue weighted by Crippen LogP contribution is 2.35. The highest BCUT2D eigenvalue weighted by Gasteiger charge is 2.34. The van der Waals surface area contributed by atoms with Crippen molar-refractivity contribution in [2.24, 2.45) is 0 Å². The van der Waals surface area contributed by atoms with Gasteiger partial charge in [-0.25, -0.2) is 4.98 Å². The summed E-state index contributed by atoms with van der Waals surface area (Å²) in [6.07, 6.45) is 0.688. The summed E-state index contributed by atoms with van der Waals surface area (Å²) in [6, 6.07) is 16.8. The van der Waals surface area contributed by atoms with Gasteiger partial charge in [-0.15, -0.1) is 0 Å². The zero-order chi connectivity index (χ0) is 30.8. The van der Waals surface area contributed by atoms with Crippen LogP contribution in [0.4, 0.5) is 30.2 Å². The second-order valence-corrected chi connectivity index (χ2v) is 11.1. The molecule has 11 heteroatoms. The molecule has 5 aromatic rings. The molecule has 1 aliphatic rings. The molecule has 4 heterocycles. The Bertz CT molecular complexity index is 1800. The summed E-state index contributed by atoms with van der Waals surface area (Å²) in [6.45, 7) is 5.15. The van der Waals surface area contributed by atoms with Gasteiger partial charge in [0.2, 0.25) is 0 Å². The van der Waals surface area contributed by atoms with Crippen molar-refractivity contribution < 1.29 is 18.0 Å². The minimum Gasteiger partial charge on any atom is -0.355 e. The van der Waals surface area contributed by atoms with Crippen molar-refractivity contribution in [3.63, 3.8) is 0 Å². The van der Waals surface area contributed by atoms with Gasteiger partial charge in [0.25, 0.3) is 5.91 Å². The van der Waals surface area contributed by atoms with Crippen molar-refractivity contribution >= 4 is 34.0 Å². The first-order valence-corrected chi connectivity index (χ1v) is 14.3. The molecule has 44 heavy (non-hydrogen) atoms. The minimum atomic E-state index is -4.55. The van der Waals surface area contributed by atoms with E-state index >= 15 is 0 Å². The van der Waals surface area contributed by atoms with Crippen LogP contribution >= 0.6 is 0 Å². The second-order valence-electron chi connectivity index (χ2n) is 11.1. The highest BCUT2D eigenvalue weighted by molar-refractivity contribution is 6.05. The molecule has 3 N–H and O–H groups in total. The Morgan fingerprint density at radius 3 is 2.57 bits per heavy atom. The number of anilines is 3. The zero-order valence-corrected chi connectivity index (χ0v) is 24.4. The molecule has 0 radical (unpaired) electrons. The van der Waals surface area contributed by atoms with Crippen molar-refractivity contribution in [3.8, 4) is 11.3 Å². The lowest BCUT2D eigenvalue weighted by Gasteiger charge is -2.33. The van der Waals surface area contributed by atoms with Gasteiger partial charge in [0, 0.05) is 79.2 Å². The standard InChI is InChI=1S/C33H32F3N7O/c1-21-5-6-22(16-28(21)40-30-18-29(23-4-3-10-37-19-23)41-31-26(30)9-11-38-31)32(44)39-25-8-7-24(27(17-25)33(34,35)36)20-43-14-12-42(2)13-15-43/h3-11,16-19H,12-15,20H2,1-2H3,(H,39,44)(H2,38,40,41). The molecule has 3 aromatic heterocycles. The quantitative estimate of drug-likeness (QED) is 0.193. The van der Waals surface area contributed by atoms with Gasteiger partial charge in [0.1, 0.15) is 5.65 Å². The maximum Gasteiger partial charge on any atom is 0.416 e. The molecule has 0 saturated carbocycles. The molecule has 0 aliphatic carbocycles. The largest absolute Gasteiger partial charge is 0.416 e. The molecule has 226 valence electrons. The van der Waals surface area contributed by atoms with Gasteiger partial charge < -0.3 is 20.5 Å². The number of alkyl halides is 3. The smallest absolute Gasteiger partial charge is 0.355 e. The summed E-state index contributed by atoms with van der Waals surface area (Å²) in [4.78, 5) is 29.5. The number of rotatable bonds is 7. The number of carbonyl (C=O) groups is 1. The lowest BCUT2D eigenvalue weighted by atomic mass is 10.0. The van der Waals surface area contributed by atoms with Crippen molar-refractivity contribution in [2.45, 2.75) is 19.6 Å². The number of hydrogen-bond acceptors (Lipinski definition) is 6. The summed E-state index contributed by atoms with van der Waals surface area (Å²) >= 11 is 0. The van der Waals surface area contributed by atoms with Crippen molar-refractivity contribution in [1.29, 1.82) is 0 Å². The number of aromatic nitrogens is 3. The van der Waals surface area contributed by atoms with E-state index in [1.807, 2.05) is 43.1 Å². The summed E-state index contributed by atoms with van der Waals surface area (Å²) < 4.78 is 42.2. The number of hydrogen-bond donors (Lipinski definition) is 3. The van der Waals surface area contributed by atoms with E-state index in [1.54, 1.807) is 36.8 Å². The predicted molar refractivity (Wildman–Crippen MR) is 166 cm³/mol. The third-order valence-electron chi connectivity index (χ3n) is 7.92. The zero-order valence-electron chi connectivity index (χ0n) is 24.4. The van der Waals surface area contributed by atoms with E-state index in [2.05, 4.69) is 25.5 Å². The predicted octanol–water partition coefficient (Wildman–Crippen LogP) is 6.70. The van der Waals surface area contributed by atoms with E-state index in [4.69, 9.17) is 4.98 Å². The molecular weight excluding hydrogens is 567 g/mol. The van der Waals surface area contributed by atoms with Gasteiger partial charge in [0.15, 0.2) is 0 Å². The van der Waals surface area contributed by atoms with E-state index < -0.39 is 17.6 Å². The number of nitrogens with zero attached hydrogens (tertiary/aromatic N) is 4. The molecule has 0 unspecified atom stereocenters. The van der Waals surface area contributed by atoms with Gasteiger partial charge in [0.05, 0.1) is 16.9 Å². The Kier molecular flexibility index (Phi) is 8.07. The van der Waals surface area contributed by atoms with Crippen LogP contribution in [0.2, 0.25) is 0 Å². The third-order valence-corrected chi connectivity index (χ3v) is 7.92. The Morgan fingerprint density at radius 2 is 1.82 bits per heavy atom. The molecule has 0 atom stereocenters. The molecule has 0 spiro atoms. The maximum atomic E-state index is 14.1. The van der Waals surface area contributed by atoms with E-state index in [0.717, 1.165) is 47.1 Å². The number of nitrogens with one attached hydrogen (secondary N) is 3. The van der Waals surface area contributed by atoms with Crippen LogP contribution in [0, 0.1) is 6.92 Å². The summed E-state index contributed by atoms with van der Waals surface area (Å²) in [5.74, 6) is -0.509. The molecule has 1 amide bonds. The SMILES string of the molecule is Cc1ccc(C(=O)Nc2ccc(CN3CCN(C)CC3)c(C(F)(F)F)c2)cc1Nc1cc(-c2cccnc2)nc2[nH]ccc12. The van der Waals surface area contributed by atoms with Crippen molar-refractivity contribution in [2.75, 3.05) is 43.9 Å². The molecule has 1 fully saturated rings. The van der Waals surface area contributed by atoms with Crippen LogP contribution in [0.1, 0.15) is 27.0 Å². The number of carbonyl (C=O) groups excluding carboxylic acids is 1. The average molecular weight is 600 g/mol. The van der Waals surface area contributed by atoms with Gasteiger partial charge in [-0.1, -0.05) is 12.1 Å². The fraction of sp³-hybridized carbons (Fsp3) is 0.242. The fourth-order valence-electron chi connectivity index (χ4n) is 5.35. The van der Waals surface area contributed by atoms with E-state index in [9.17, 15) is 18.0 Å². The van der Waals surface area contributed by atoms with Crippen LogP contribution in [0.25, 0.3) is 22.3 Å². The van der Waals surface area contributed by atoms with Crippen LogP contribution in [-0.2, 0) is 12.7 Å². The molecule has 8 nitrogen and oxygen atoms in total. The monoisotopic (exact) mass is 599 g/mol. The molecule has 2 aromatic carbocycles. The number of likely N-dealkylation sites (N-methyl/N-ethyl adjacent to an activating group) is 1. The Balaban J connectivity index is 1.24. The number of benzene rings is 2. The maximum absolute atomic E-state index is 14.1. The van der Waals surface area contributed by atoms with Crippen molar-refractivity contribution in [1.82, 2.24) is 24.8 Å². The lowest BCUT2D eigenvalue weighted by molar-refractivity contribution is -0.138. The molecule has 1 saturated heterocycles. The lowest BCUT2D eigenvalue weighted by Crippen LogP contribution is -2.44.